The van der Waals surface area contributed by atoms with Gasteiger partial charge in [-0.15, -0.1) is 0 Å². The van der Waals surface area contributed by atoms with Crippen LogP contribution in [0.4, 0.5) is 0 Å². The molecule has 1 heterocycles. The van der Waals surface area contributed by atoms with Crippen LogP contribution in [0.15, 0.2) is 0 Å². The average Bonchev–Trinajstić information content (AvgIpc) is 2.24. The number of nitrogens with one attached hydrogen (secondary N) is 1. The van der Waals surface area contributed by atoms with Crippen molar-refractivity contribution in [2.45, 2.75) is 46.2 Å². The van der Waals surface area contributed by atoms with Gasteiger partial charge in [0.1, 0.15) is 0 Å². The molecule has 1 aliphatic rings. The first-order chi connectivity index (χ1) is 7.46. The molecule has 0 aromatic carbocycles. The molecule has 2 unspecified atom stereocenters. The summed E-state index contributed by atoms with van der Waals surface area (Å²) in [5, 5.41) is 3.51. The van der Waals surface area contributed by atoms with Gasteiger partial charge in [0.05, 0.1) is 0 Å². The predicted octanol–water partition coefficient (Wildman–Crippen LogP) is 1.73. The lowest BCUT2D eigenvalue weighted by Gasteiger charge is -2.46. The molecule has 0 aliphatic carbocycles. The lowest BCUT2D eigenvalue weighted by molar-refractivity contribution is 0.0312. The Balaban J connectivity index is 2.59. The summed E-state index contributed by atoms with van der Waals surface area (Å²) in [6.07, 6.45) is 1.13. The summed E-state index contributed by atoms with van der Waals surface area (Å²) in [5.41, 5.74) is 0.342. The van der Waals surface area contributed by atoms with Crippen LogP contribution < -0.4 is 5.32 Å². The molecular formula is C13H28N2O. The SMILES string of the molecule is COCCC(C)N1CCNCC1C(C)(C)C. The Labute approximate surface area is 101 Å². The first-order valence-corrected chi connectivity index (χ1v) is 6.42. The van der Waals surface area contributed by atoms with E-state index in [0.29, 0.717) is 17.5 Å². The molecular weight excluding hydrogens is 200 g/mol. The van der Waals surface area contributed by atoms with Crippen LogP contribution in [0.3, 0.4) is 0 Å². The van der Waals surface area contributed by atoms with E-state index in [0.717, 1.165) is 32.7 Å². The molecule has 0 amide bonds. The summed E-state index contributed by atoms with van der Waals surface area (Å²) in [7, 11) is 1.78. The van der Waals surface area contributed by atoms with E-state index >= 15 is 0 Å². The molecule has 3 heteroatoms. The molecule has 1 fully saturated rings. The topological polar surface area (TPSA) is 24.5 Å². The Kier molecular flexibility index (Phi) is 5.22. The predicted molar refractivity (Wildman–Crippen MR) is 68.8 cm³/mol. The van der Waals surface area contributed by atoms with Crippen LogP contribution in [0.5, 0.6) is 0 Å². The van der Waals surface area contributed by atoms with Gasteiger partial charge in [-0.2, -0.15) is 0 Å². The van der Waals surface area contributed by atoms with Gasteiger partial charge in [0.2, 0.25) is 0 Å². The molecule has 1 aliphatic heterocycles. The minimum absolute atomic E-state index is 0.342. The van der Waals surface area contributed by atoms with E-state index in [2.05, 4.69) is 37.9 Å². The van der Waals surface area contributed by atoms with Crippen molar-refractivity contribution in [3.05, 3.63) is 0 Å². The van der Waals surface area contributed by atoms with Crippen molar-refractivity contribution in [2.75, 3.05) is 33.4 Å². The van der Waals surface area contributed by atoms with Crippen LogP contribution in [0.1, 0.15) is 34.1 Å². The Morgan fingerprint density at radius 3 is 2.69 bits per heavy atom. The van der Waals surface area contributed by atoms with Gasteiger partial charge in [-0.05, 0) is 18.8 Å². The van der Waals surface area contributed by atoms with Gasteiger partial charge in [-0.25, -0.2) is 0 Å². The molecule has 0 aromatic heterocycles. The molecule has 1 rings (SSSR count). The summed E-state index contributed by atoms with van der Waals surface area (Å²) < 4.78 is 5.18. The lowest BCUT2D eigenvalue weighted by atomic mass is 9.83. The number of rotatable bonds is 4. The second kappa shape index (κ2) is 5.99. The fraction of sp³-hybridized carbons (Fsp3) is 1.00. The third-order valence-electron chi connectivity index (χ3n) is 3.59. The van der Waals surface area contributed by atoms with Crippen molar-refractivity contribution >= 4 is 0 Å². The van der Waals surface area contributed by atoms with Crippen LogP contribution in [-0.4, -0.2) is 50.3 Å². The number of nitrogens with zero attached hydrogens (tertiary/aromatic N) is 1. The molecule has 1 N–H and O–H groups in total. The van der Waals surface area contributed by atoms with E-state index < -0.39 is 0 Å². The summed E-state index contributed by atoms with van der Waals surface area (Å²) >= 11 is 0. The quantitative estimate of drug-likeness (QED) is 0.793. The van der Waals surface area contributed by atoms with Crippen molar-refractivity contribution in [1.82, 2.24) is 10.2 Å². The van der Waals surface area contributed by atoms with E-state index in [1.807, 2.05) is 0 Å². The van der Waals surface area contributed by atoms with Gasteiger partial charge in [0.25, 0.3) is 0 Å². The molecule has 2 atom stereocenters. The maximum Gasteiger partial charge on any atom is 0.0477 e. The van der Waals surface area contributed by atoms with E-state index in [9.17, 15) is 0 Å². The van der Waals surface area contributed by atoms with Crippen molar-refractivity contribution in [1.29, 1.82) is 0 Å². The molecule has 0 radical (unpaired) electrons. The van der Waals surface area contributed by atoms with Crippen molar-refractivity contribution in [3.8, 4) is 0 Å². The van der Waals surface area contributed by atoms with Gasteiger partial charge in [-0.1, -0.05) is 20.8 Å². The smallest absolute Gasteiger partial charge is 0.0477 e. The molecule has 96 valence electrons. The molecule has 1 saturated heterocycles. The summed E-state index contributed by atoms with van der Waals surface area (Å²) in [4.78, 5) is 2.65. The zero-order valence-corrected chi connectivity index (χ0v) is 11.5. The molecule has 0 spiro atoms. The molecule has 0 aromatic rings. The lowest BCUT2D eigenvalue weighted by Crippen LogP contribution is -2.59. The molecule has 0 saturated carbocycles. The zero-order valence-electron chi connectivity index (χ0n) is 11.5. The molecule has 16 heavy (non-hydrogen) atoms. The first-order valence-electron chi connectivity index (χ1n) is 6.42. The van der Waals surface area contributed by atoms with Crippen LogP contribution in [0.25, 0.3) is 0 Å². The molecule has 3 nitrogen and oxygen atoms in total. The minimum Gasteiger partial charge on any atom is -0.385 e. The maximum absolute atomic E-state index is 5.18. The van der Waals surface area contributed by atoms with Gasteiger partial charge in [0.15, 0.2) is 0 Å². The van der Waals surface area contributed by atoms with Crippen molar-refractivity contribution in [3.63, 3.8) is 0 Å². The van der Waals surface area contributed by atoms with Crippen molar-refractivity contribution < 1.29 is 4.74 Å². The van der Waals surface area contributed by atoms with Gasteiger partial charge in [-0.3, -0.25) is 4.90 Å². The number of piperazine rings is 1. The molecule has 0 bridgehead atoms. The maximum atomic E-state index is 5.18. The van der Waals surface area contributed by atoms with Crippen molar-refractivity contribution in [2.24, 2.45) is 5.41 Å². The van der Waals surface area contributed by atoms with E-state index in [4.69, 9.17) is 4.74 Å². The third kappa shape index (κ3) is 3.72. The third-order valence-corrected chi connectivity index (χ3v) is 3.59. The number of ether oxygens (including phenoxy) is 1. The highest BCUT2D eigenvalue weighted by Crippen LogP contribution is 2.27. The Bertz CT molecular complexity index is 201. The van der Waals surface area contributed by atoms with Gasteiger partial charge >= 0.3 is 0 Å². The van der Waals surface area contributed by atoms with Crippen LogP contribution in [-0.2, 0) is 4.74 Å². The fourth-order valence-corrected chi connectivity index (χ4v) is 2.51. The highest BCUT2D eigenvalue weighted by atomic mass is 16.5. The zero-order chi connectivity index (χ0) is 12.2. The highest BCUT2D eigenvalue weighted by molar-refractivity contribution is 4.90. The Hall–Kier alpha value is -0.120. The van der Waals surface area contributed by atoms with Gasteiger partial charge < -0.3 is 10.1 Å². The average molecular weight is 228 g/mol. The Morgan fingerprint density at radius 1 is 1.44 bits per heavy atom. The number of hydrogen-bond acceptors (Lipinski definition) is 3. The standard InChI is InChI=1S/C13H28N2O/c1-11(6-9-16-5)15-8-7-14-10-12(15)13(2,3)4/h11-12,14H,6-10H2,1-5H3. The second-order valence-electron chi connectivity index (χ2n) is 5.95. The second-order valence-corrected chi connectivity index (χ2v) is 5.95. The summed E-state index contributed by atoms with van der Waals surface area (Å²) in [6, 6.07) is 1.25. The Morgan fingerprint density at radius 2 is 2.12 bits per heavy atom. The van der Waals surface area contributed by atoms with Crippen LogP contribution >= 0.6 is 0 Å². The van der Waals surface area contributed by atoms with Crippen LogP contribution in [0.2, 0.25) is 0 Å². The minimum atomic E-state index is 0.342. The number of hydrogen-bond donors (Lipinski definition) is 1. The number of methoxy groups -OCH3 is 1. The highest BCUT2D eigenvalue weighted by Gasteiger charge is 2.34. The summed E-state index contributed by atoms with van der Waals surface area (Å²) in [6.45, 7) is 13.6. The van der Waals surface area contributed by atoms with Gasteiger partial charge in [0, 0.05) is 45.4 Å². The van der Waals surface area contributed by atoms with Crippen LogP contribution in [0, 0.1) is 5.41 Å². The summed E-state index contributed by atoms with van der Waals surface area (Å²) in [5.74, 6) is 0. The van der Waals surface area contributed by atoms with E-state index in [1.54, 1.807) is 7.11 Å². The fourth-order valence-electron chi connectivity index (χ4n) is 2.51. The van der Waals surface area contributed by atoms with E-state index in [1.165, 1.54) is 0 Å². The monoisotopic (exact) mass is 228 g/mol. The normalized spacial score (nSPS) is 25.7. The largest absolute Gasteiger partial charge is 0.385 e. The first kappa shape index (κ1) is 13.9. The van der Waals surface area contributed by atoms with E-state index in [-0.39, 0.29) is 0 Å².